The van der Waals surface area contributed by atoms with Crippen molar-refractivity contribution >= 4 is 20.2 Å². The number of nitrogens with one attached hydrogen (secondary N) is 1. The molecule has 1 aliphatic heterocycles. The minimum Gasteiger partial charge on any atom is -0.229 e. The van der Waals surface area contributed by atoms with E-state index in [0.29, 0.717) is 13.1 Å². The first-order valence-corrected chi connectivity index (χ1v) is 7.72. The van der Waals surface area contributed by atoms with Crippen LogP contribution in [-0.4, -0.2) is 46.5 Å². The number of nitrogens with zero attached hydrogens (tertiary/aromatic N) is 1. The lowest BCUT2D eigenvalue weighted by molar-refractivity contribution is 0.466. The van der Waals surface area contributed by atoms with Gasteiger partial charge in [-0.05, 0) is 12.8 Å². The lowest BCUT2D eigenvalue weighted by Gasteiger charge is -2.15. The summed E-state index contributed by atoms with van der Waals surface area (Å²) in [6.07, 6.45) is 1.69. The predicted octanol–water partition coefficient (Wildman–Crippen LogP) is -1.79. The van der Waals surface area contributed by atoms with E-state index >= 15 is 0 Å². The van der Waals surface area contributed by atoms with Gasteiger partial charge in [-0.25, -0.2) is 18.3 Å². The highest BCUT2D eigenvalue weighted by Gasteiger charge is 2.24. The van der Waals surface area contributed by atoms with Crippen LogP contribution in [0.1, 0.15) is 12.8 Å². The Morgan fingerprint density at radius 3 is 2.13 bits per heavy atom. The number of primary sulfonamides is 1. The monoisotopic (exact) mass is 257 g/mol. The van der Waals surface area contributed by atoms with Gasteiger partial charge in [0.25, 0.3) is 10.2 Å². The van der Waals surface area contributed by atoms with Gasteiger partial charge in [0.2, 0.25) is 10.0 Å². The van der Waals surface area contributed by atoms with Crippen molar-refractivity contribution in [1.29, 1.82) is 0 Å². The van der Waals surface area contributed by atoms with E-state index < -0.39 is 20.2 Å². The van der Waals surface area contributed by atoms with Crippen molar-refractivity contribution in [2.75, 3.05) is 25.4 Å². The number of sulfonamides is 1. The Morgan fingerprint density at radius 1 is 1.13 bits per heavy atom. The summed E-state index contributed by atoms with van der Waals surface area (Å²) in [4.78, 5) is 0. The Morgan fingerprint density at radius 2 is 1.67 bits per heavy atom. The fourth-order valence-electron chi connectivity index (χ4n) is 1.33. The quantitative estimate of drug-likeness (QED) is 0.605. The largest absolute Gasteiger partial charge is 0.279 e. The summed E-state index contributed by atoms with van der Waals surface area (Å²) in [5, 5.41) is 4.74. The Labute approximate surface area is 89.9 Å². The van der Waals surface area contributed by atoms with Crippen molar-refractivity contribution in [3.8, 4) is 0 Å². The molecule has 7 nitrogen and oxygen atoms in total. The number of hydrogen-bond acceptors (Lipinski definition) is 4. The van der Waals surface area contributed by atoms with Crippen LogP contribution in [0.25, 0.3) is 0 Å². The van der Waals surface area contributed by atoms with E-state index in [1.807, 2.05) is 0 Å². The molecule has 0 atom stereocenters. The topological polar surface area (TPSA) is 110 Å². The first-order valence-electron chi connectivity index (χ1n) is 4.56. The summed E-state index contributed by atoms with van der Waals surface area (Å²) in [6.45, 7) is 0.799. The second-order valence-electron chi connectivity index (χ2n) is 3.37. The van der Waals surface area contributed by atoms with Crippen molar-refractivity contribution in [3.05, 3.63) is 0 Å². The van der Waals surface area contributed by atoms with Crippen LogP contribution in [0.2, 0.25) is 0 Å². The van der Waals surface area contributed by atoms with Gasteiger partial charge in [0.1, 0.15) is 0 Å². The number of nitrogens with two attached hydrogens (primary N) is 1. The Balaban J connectivity index is 2.43. The Kier molecular flexibility index (Phi) is 4.06. The highest BCUT2D eigenvalue weighted by Crippen LogP contribution is 2.10. The molecule has 0 saturated carbocycles. The molecule has 0 aromatic carbocycles. The van der Waals surface area contributed by atoms with Gasteiger partial charge in [0.05, 0.1) is 5.75 Å². The molecule has 1 aliphatic rings. The third-order valence-corrected chi connectivity index (χ3v) is 4.46. The minimum absolute atomic E-state index is 0.183. The molecular weight excluding hydrogens is 242 g/mol. The SMILES string of the molecule is NS(=O)(=O)CCNS(=O)(=O)N1CCCC1. The van der Waals surface area contributed by atoms with Crippen molar-refractivity contribution in [3.63, 3.8) is 0 Å². The summed E-state index contributed by atoms with van der Waals surface area (Å²) in [5.41, 5.74) is 0. The summed E-state index contributed by atoms with van der Waals surface area (Å²) in [5.74, 6) is -0.389. The van der Waals surface area contributed by atoms with E-state index in [1.54, 1.807) is 0 Å². The van der Waals surface area contributed by atoms with Crippen LogP contribution >= 0.6 is 0 Å². The van der Waals surface area contributed by atoms with Gasteiger partial charge in [-0.3, -0.25) is 0 Å². The van der Waals surface area contributed by atoms with E-state index in [2.05, 4.69) is 4.72 Å². The fraction of sp³-hybridized carbons (Fsp3) is 1.00. The summed E-state index contributed by atoms with van der Waals surface area (Å²) in [6, 6.07) is 0. The fourth-order valence-corrected chi connectivity index (χ4v) is 3.13. The zero-order valence-corrected chi connectivity index (χ0v) is 9.85. The normalized spacial score (nSPS) is 19.5. The summed E-state index contributed by atoms with van der Waals surface area (Å²) >= 11 is 0. The van der Waals surface area contributed by atoms with E-state index in [-0.39, 0.29) is 12.3 Å². The van der Waals surface area contributed by atoms with Gasteiger partial charge in [-0.1, -0.05) is 0 Å². The van der Waals surface area contributed by atoms with Crippen LogP contribution in [0.3, 0.4) is 0 Å². The number of hydrogen-bond donors (Lipinski definition) is 2. The molecule has 0 radical (unpaired) electrons. The predicted molar refractivity (Wildman–Crippen MR) is 55.7 cm³/mol. The lowest BCUT2D eigenvalue weighted by atomic mass is 10.4. The van der Waals surface area contributed by atoms with Crippen molar-refractivity contribution in [1.82, 2.24) is 9.03 Å². The molecule has 9 heteroatoms. The van der Waals surface area contributed by atoms with Crippen LogP contribution in [0.5, 0.6) is 0 Å². The molecular formula is C6H15N3O4S2. The van der Waals surface area contributed by atoms with Crippen LogP contribution in [0.15, 0.2) is 0 Å². The van der Waals surface area contributed by atoms with Gasteiger partial charge in [-0.2, -0.15) is 12.7 Å². The van der Waals surface area contributed by atoms with Crippen molar-refractivity contribution < 1.29 is 16.8 Å². The molecule has 3 N–H and O–H groups in total. The highest BCUT2D eigenvalue weighted by molar-refractivity contribution is 7.89. The van der Waals surface area contributed by atoms with Gasteiger partial charge < -0.3 is 0 Å². The van der Waals surface area contributed by atoms with Crippen molar-refractivity contribution in [2.24, 2.45) is 5.14 Å². The van der Waals surface area contributed by atoms with Crippen LogP contribution < -0.4 is 9.86 Å². The van der Waals surface area contributed by atoms with Gasteiger partial charge in [0.15, 0.2) is 0 Å². The molecule has 0 aromatic rings. The molecule has 90 valence electrons. The molecule has 0 unspecified atom stereocenters. The second-order valence-corrected chi connectivity index (χ2v) is 6.86. The molecule has 1 rings (SSSR count). The van der Waals surface area contributed by atoms with Gasteiger partial charge >= 0.3 is 0 Å². The third-order valence-electron chi connectivity index (χ3n) is 2.08. The molecule has 0 amide bonds. The van der Waals surface area contributed by atoms with E-state index in [1.165, 1.54) is 4.31 Å². The van der Waals surface area contributed by atoms with E-state index in [4.69, 9.17) is 5.14 Å². The highest BCUT2D eigenvalue weighted by atomic mass is 32.2. The second kappa shape index (κ2) is 4.74. The maximum Gasteiger partial charge on any atom is 0.279 e. The third kappa shape index (κ3) is 4.43. The molecule has 0 spiro atoms. The van der Waals surface area contributed by atoms with Gasteiger partial charge in [0, 0.05) is 19.6 Å². The molecule has 1 heterocycles. The Hall–Kier alpha value is -0.220. The molecule has 0 aromatic heterocycles. The van der Waals surface area contributed by atoms with E-state index in [9.17, 15) is 16.8 Å². The van der Waals surface area contributed by atoms with Gasteiger partial charge in [-0.15, -0.1) is 0 Å². The summed E-state index contributed by atoms with van der Waals surface area (Å²) < 4.78 is 47.6. The first kappa shape index (κ1) is 12.8. The minimum atomic E-state index is -3.62. The van der Waals surface area contributed by atoms with Crippen LogP contribution in [0, 0.1) is 0 Å². The average molecular weight is 257 g/mol. The molecule has 15 heavy (non-hydrogen) atoms. The summed E-state index contributed by atoms with van der Waals surface area (Å²) in [7, 11) is -7.13. The molecule has 1 fully saturated rings. The molecule has 1 saturated heterocycles. The maximum atomic E-state index is 11.5. The average Bonchev–Trinajstić information content (AvgIpc) is 2.52. The van der Waals surface area contributed by atoms with Crippen molar-refractivity contribution in [2.45, 2.75) is 12.8 Å². The first-order chi connectivity index (χ1) is 6.81. The van der Waals surface area contributed by atoms with Crippen LogP contribution in [-0.2, 0) is 20.2 Å². The molecule has 0 bridgehead atoms. The smallest absolute Gasteiger partial charge is 0.229 e. The Bertz CT molecular complexity index is 396. The van der Waals surface area contributed by atoms with Crippen LogP contribution in [0.4, 0.5) is 0 Å². The standard InChI is InChI=1S/C6H15N3O4S2/c7-14(10,11)6-3-8-15(12,13)9-4-1-2-5-9/h8H,1-6H2,(H2,7,10,11). The lowest BCUT2D eigenvalue weighted by Crippen LogP contribution is -2.41. The molecule has 0 aliphatic carbocycles. The zero-order chi connectivity index (χ0) is 11.5. The maximum absolute atomic E-state index is 11.5. The van der Waals surface area contributed by atoms with E-state index in [0.717, 1.165) is 12.8 Å². The zero-order valence-electron chi connectivity index (χ0n) is 8.22. The number of rotatable bonds is 5.